The molecule has 1 heterocycles. The monoisotopic (exact) mass is 199 g/mol. The van der Waals surface area contributed by atoms with Crippen LogP contribution in [0.1, 0.15) is 38.5 Å². The zero-order valence-electron chi connectivity index (χ0n) is 8.59. The van der Waals surface area contributed by atoms with E-state index in [9.17, 15) is 5.11 Å². The van der Waals surface area contributed by atoms with Crippen LogP contribution in [0.25, 0.3) is 0 Å². The number of nitrogens with zero attached hydrogens (tertiary/aromatic N) is 3. The number of aromatic nitrogens is 3. The molecule has 5 nitrogen and oxygen atoms in total. The Morgan fingerprint density at radius 2 is 2.21 bits per heavy atom. The SMILES string of the molecule is CCC(O)c1cn(CCC(C)O)nn1. The summed E-state index contributed by atoms with van der Waals surface area (Å²) in [6.07, 6.45) is 2.13. The van der Waals surface area contributed by atoms with E-state index in [1.807, 2.05) is 6.92 Å². The molecule has 80 valence electrons. The van der Waals surface area contributed by atoms with Gasteiger partial charge < -0.3 is 10.2 Å². The van der Waals surface area contributed by atoms with Gasteiger partial charge in [-0.15, -0.1) is 5.10 Å². The van der Waals surface area contributed by atoms with Crippen LogP contribution in [0.5, 0.6) is 0 Å². The summed E-state index contributed by atoms with van der Waals surface area (Å²) < 4.78 is 1.64. The van der Waals surface area contributed by atoms with Gasteiger partial charge in [-0.05, 0) is 19.8 Å². The van der Waals surface area contributed by atoms with Crippen LogP contribution in [0.15, 0.2) is 6.20 Å². The highest BCUT2D eigenvalue weighted by molar-refractivity contribution is 4.96. The third-order valence-electron chi connectivity index (χ3n) is 2.06. The van der Waals surface area contributed by atoms with E-state index in [0.717, 1.165) is 0 Å². The fourth-order valence-corrected chi connectivity index (χ4v) is 1.10. The highest BCUT2D eigenvalue weighted by atomic mass is 16.3. The Morgan fingerprint density at radius 3 is 2.79 bits per heavy atom. The number of rotatable bonds is 5. The van der Waals surface area contributed by atoms with E-state index in [4.69, 9.17) is 5.11 Å². The second-order valence-electron chi connectivity index (χ2n) is 3.47. The standard InChI is InChI=1S/C9H17N3O2/c1-3-9(14)8-6-12(11-10-8)5-4-7(2)13/h6-7,9,13-14H,3-5H2,1-2H3. The van der Waals surface area contributed by atoms with Gasteiger partial charge in [0.15, 0.2) is 0 Å². The van der Waals surface area contributed by atoms with Crippen molar-refractivity contribution in [3.05, 3.63) is 11.9 Å². The second kappa shape index (κ2) is 5.07. The van der Waals surface area contributed by atoms with E-state index in [2.05, 4.69) is 10.3 Å². The van der Waals surface area contributed by atoms with Crippen LogP contribution in [0, 0.1) is 0 Å². The minimum Gasteiger partial charge on any atom is -0.393 e. The Morgan fingerprint density at radius 1 is 1.50 bits per heavy atom. The van der Waals surface area contributed by atoms with Crippen LogP contribution >= 0.6 is 0 Å². The Hall–Kier alpha value is -0.940. The maximum atomic E-state index is 9.45. The summed E-state index contributed by atoms with van der Waals surface area (Å²) in [5, 5.41) is 26.2. The van der Waals surface area contributed by atoms with Crippen LogP contribution < -0.4 is 0 Å². The number of aliphatic hydroxyl groups excluding tert-OH is 2. The zero-order chi connectivity index (χ0) is 10.6. The van der Waals surface area contributed by atoms with Gasteiger partial charge in [-0.25, -0.2) is 0 Å². The van der Waals surface area contributed by atoms with Gasteiger partial charge in [0.05, 0.1) is 18.4 Å². The van der Waals surface area contributed by atoms with Crippen molar-refractivity contribution in [1.29, 1.82) is 0 Å². The minimum atomic E-state index is -0.532. The Kier molecular flexibility index (Phi) is 4.03. The molecule has 0 saturated heterocycles. The van der Waals surface area contributed by atoms with Gasteiger partial charge in [0.2, 0.25) is 0 Å². The first-order valence-corrected chi connectivity index (χ1v) is 4.89. The highest BCUT2D eigenvalue weighted by Crippen LogP contribution is 2.11. The lowest BCUT2D eigenvalue weighted by molar-refractivity contribution is 0.168. The van der Waals surface area contributed by atoms with Crippen molar-refractivity contribution in [2.45, 2.75) is 45.4 Å². The molecule has 0 saturated carbocycles. The molecule has 0 amide bonds. The molecule has 0 aliphatic rings. The molecule has 0 radical (unpaired) electrons. The average Bonchev–Trinajstić information content (AvgIpc) is 2.62. The number of aryl methyl sites for hydroxylation is 1. The number of hydrogen-bond donors (Lipinski definition) is 2. The van der Waals surface area contributed by atoms with Crippen molar-refractivity contribution in [2.24, 2.45) is 0 Å². The summed E-state index contributed by atoms with van der Waals surface area (Å²) in [5.74, 6) is 0. The van der Waals surface area contributed by atoms with Crippen molar-refractivity contribution in [1.82, 2.24) is 15.0 Å². The first-order valence-electron chi connectivity index (χ1n) is 4.89. The normalized spacial score (nSPS) is 15.4. The number of aliphatic hydroxyl groups is 2. The van der Waals surface area contributed by atoms with Gasteiger partial charge in [0.25, 0.3) is 0 Å². The molecule has 2 atom stereocenters. The summed E-state index contributed by atoms with van der Waals surface area (Å²) in [6, 6.07) is 0. The lowest BCUT2D eigenvalue weighted by Gasteiger charge is -2.03. The van der Waals surface area contributed by atoms with Gasteiger partial charge in [-0.1, -0.05) is 12.1 Å². The third-order valence-corrected chi connectivity index (χ3v) is 2.06. The molecular weight excluding hydrogens is 182 g/mol. The molecule has 5 heteroatoms. The summed E-state index contributed by atoms with van der Waals surface area (Å²) >= 11 is 0. The fraction of sp³-hybridized carbons (Fsp3) is 0.778. The predicted molar refractivity (Wildman–Crippen MR) is 51.6 cm³/mol. The Bertz CT molecular complexity index is 273. The Labute approximate surface area is 83.4 Å². The Balaban J connectivity index is 2.50. The zero-order valence-corrected chi connectivity index (χ0v) is 8.59. The molecule has 14 heavy (non-hydrogen) atoms. The molecule has 1 rings (SSSR count). The fourth-order valence-electron chi connectivity index (χ4n) is 1.10. The molecule has 0 fully saturated rings. The largest absolute Gasteiger partial charge is 0.393 e. The lowest BCUT2D eigenvalue weighted by Crippen LogP contribution is -2.07. The van der Waals surface area contributed by atoms with Crippen molar-refractivity contribution >= 4 is 0 Å². The molecule has 1 aromatic rings. The van der Waals surface area contributed by atoms with E-state index in [1.165, 1.54) is 0 Å². The first-order chi connectivity index (χ1) is 6.63. The van der Waals surface area contributed by atoms with Crippen molar-refractivity contribution < 1.29 is 10.2 Å². The van der Waals surface area contributed by atoms with Crippen LogP contribution in [0.2, 0.25) is 0 Å². The summed E-state index contributed by atoms with van der Waals surface area (Å²) in [7, 11) is 0. The quantitative estimate of drug-likeness (QED) is 0.724. The van der Waals surface area contributed by atoms with Crippen molar-refractivity contribution in [2.75, 3.05) is 0 Å². The highest BCUT2D eigenvalue weighted by Gasteiger charge is 2.09. The smallest absolute Gasteiger partial charge is 0.111 e. The van der Waals surface area contributed by atoms with Crippen LogP contribution in [-0.2, 0) is 6.54 Å². The van der Waals surface area contributed by atoms with Gasteiger partial charge in [-0.2, -0.15) is 0 Å². The van der Waals surface area contributed by atoms with Gasteiger partial charge in [0, 0.05) is 6.54 Å². The maximum absolute atomic E-state index is 9.45. The van der Waals surface area contributed by atoms with Gasteiger partial charge >= 0.3 is 0 Å². The maximum Gasteiger partial charge on any atom is 0.111 e. The molecule has 0 aliphatic heterocycles. The molecule has 0 aliphatic carbocycles. The second-order valence-corrected chi connectivity index (χ2v) is 3.47. The van der Waals surface area contributed by atoms with Crippen molar-refractivity contribution in [3.63, 3.8) is 0 Å². The third kappa shape index (κ3) is 3.08. The van der Waals surface area contributed by atoms with E-state index >= 15 is 0 Å². The van der Waals surface area contributed by atoms with Crippen molar-refractivity contribution in [3.8, 4) is 0 Å². The van der Waals surface area contributed by atoms with Gasteiger partial charge in [-0.3, -0.25) is 4.68 Å². The van der Waals surface area contributed by atoms with Crippen LogP contribution in [0.3, 0.4) is 0 Å². The molecular formula is C9H17N3O2. The summed E-state index contributed by atoms with van der Waals surface area (Å²) in [5.41, 5.74) is 0.595. The lowest BCUT2D eigenvalue weighted by atomic mass is 10.2. The summed E-state index contributed by atoms with van der Waals surface area (Å²) in [4.78, 5) is 0. The van der Waals surface area contributed by atoms with Crippen LogP contribution in [-0.4, -0.2) is 31.3 Å². The molecule has 0 bridgehead atoms. The number of hydrogen-bond acceptors (Lipinski definition) is 4. The summed E-state index contributed by atoms with van der Waals surface area (Å²) in [6.45, 7) is 4.25. The minimum absolute atomic E-state index is 0.334. The predicted octanol–water partition coefficient (Wildman–Crippen LogP) is 0.492. The molecule has 0 spiro atoms. The molecule has 2 unspecified atom stereocenters. The molecule has 0 aromatic carbocycles. The molecule has 1 aromatic heterocycles. The average molecular weight is 199 g/mol. The first kappa shape index (κ1) is 11.1. The van der Waals surface area contributed by atoms with E-state index in [0.29, 0.717) is 25.1 Å². The van der Waals surface area contributed by atoms with E-state index < -0.39 is 6.10 Å². The topological polar surface area (TPSA) is 71.2 Å². The van der Waals surface area contributed by atoms with E-state index in [-0.39, 0.29) is 6.10 Å². The van der Waals surface area contributed by atoms with E-state index in [1.54, 1.807) is 17.8 Å². The van der Waals surface area contributed by atoms with Gasteiger partial charge in [0.1, 0.15) is 5.69 Å². The van der Waals surface area contributed by atoms with Crippen LogP contribution in [0.4, 0.5) is 0 Å². The molecule has 2 N–H and O–H groups in total.